The van der Waals surface area contributed by atoms with Crippen LogP contribution in [-0.2, 0) is 4.74 Å². The van der Waals surface area contributed by atoms with Crippen LogP contribution >= 0.6 is 0 Å². The Morgan fingerprint density at radius 1 is 0.974 bits per heavy atom. The lowest BCUT2D eigenvalue weighted by molar-refractivity contribution is 0.0325. The van der Waals surface area contributed by atoms with E-state index in [0.29, 0.717) is 24.2 Å². The first-order chi connectivity index (χ1) is 18.4. The Morgan fingerprint density at radius 3 is 2.37 bits per heavy atom. The Kier molecular flexibility index (Phi) is 9.24. The summed E-state index contributed by atoms with van der Waals surface area (Å²) in [5.41, 5.74) is 0.985. The van der Waals surface area contributed by atoms with Gasteiger partial charge in [0.25, 0.3) is 0 Å². The monoisotopic (exact) mass is 524 g/mol. The predicted octanol–water partition coefficient (Wildman–Crippen LogP) is 8.01. The fraction of sp³-hybridized carbons (Fsp3) is 0.323. The summed E-state index contributed by atoms with van der Waals surface area (Å²) in [6.45, 7) is 6.47. The van der Waals surface area contributed by atoms with Crippen LogP contribution in [0.3, 0.4) is 0 Å². The molecule has 4 nitrogen and oxygen atoms in total. The van der Waals surface area contributed by atoms with Gasteiger partial charge in [0, 0.05) is 12.2 Å². The van der Waals surface area contributed by atoms with E-state index >= 15 is 8.78 Å². The molecule has 3 aromatic rings. The highest BCUT2D eigenvalue weighted by atomic mass is 19.2. The Bertz CT molecular complexity index is 1260. The van der Waals surface area contributed by atoms with Crippen LogP contribution in [0.5, 0.6) is 11.5 Å². The number of benzene rings is 3. The molecule has 0 N–H and O–H groups in total. The molecule has 0 aromatic heterocycles. The molecule has 0 bridgehead atoms. The summed E-state index contributed by atoms with van der Waals surface area (Å²) in [5, 5.41) is 0. The van der Waals surface area contributed by atoms with Crippen LogP contribution in [0, 0.1) is 17.5 Å². The van der Waals surface area contributed by atoms with Crippen LogP contribution in [0.2, 0.25) is 0 Å². The molecule has 1 aliphatic rings. The van der Waals surface area contributed by atoms with Crippen molar-refractivity contribution in [3.05, 3.63) is 95.8 Å². The van der Waals surface area contributed by atoms with E-state index in [9.17, 15) is 9.18 Å². The number of ether oxygens (including phenoxy) is 3. The maximum absolute atomic E-state index is 15.1. The van der Waals surface area contributed by atoms with E-state index in [4.69, 9.17) is 14.2 Å². The average Bonchev–Trinajstić information content (AvgIpc) is 2.92. The molecule has 0 amide bonds. The van der Waals surface area contributed by atoms with E-state index in [1.54, 1.807) is 30.3 Å². The van der Waals surface area contributed by atoms with Gasteiger partial charge in [0.05, 0.1) is 18.3 Å². The number of esters is 1. The highest BCUT2D eigenvalue weighted by Gasteiger charge is 2.27. The molecule has 0 heterocycles. The first-order valence-corrected chi connectivity index (χ1v) is 12.9. The van der Waals surface area contributed by atoms with E-state index < -0.39 is 23.4 Å². The topological polar surface area (TPSA) is 44.8 Å². The smallest absolute Gasteiger partial charge is 0.343 e. The fourth-order valence-electron chi connectivity index (χ4n) is 4.74. The fourth-order valence-corrected chi connectivity index (χ4v) is 4.74. The number of rotatable bonds is 10. The molecule has 1 fully saturated rings. The summed E-state index contributed by atoms with van der Waals surface area (Å²) in [6, 6.07) is 13.1. The van der Waals surface area contributed by atoms with Gasteiger partial charge in [0.15, 0.2) is 23.2 Å². The van der Waals surface area contributed by atoms with Crippen LogP contribution in [-0.4, -0.2) is 25.3 Å². The highest BCUT2D eigenvalue weighted by molar-refractivity contribution is 5.91. The molecule has 1 aliphatic carbocycles. The van der Waals surface area contributed by atoms with Gasteiger partial charge >= 0.3 is 5.97 Å². The summed E-state index contributed by atoms with van der Waals surface area (Å²) in [4.78, 5) is 12.5. The molecule has 0 unspecified atom stereocenters. The molecular weight excluding hydrogens is 493 g/mol. The predicted molar refractivity (Wildman–Crippen MR) is 140 cm³/mol. The number of hydrogen-bond donors (Lipinski definition) is 0. The van der Waals surface area contributed by atoms with E-state index in [1.165, 1.54) is 24.3 Å². The van der Waals surface area contributed by atoms with Gasteiger partial charge in [0.1, 0.15) is 5.75 Å². The van der Waals surface area contributed by atoms with Crippen molar-refractivity contribution in [1.29, 1.82) is 0 Å². The maximum atomic E-state index is 15.1. The first-order valence-electron chi connectivity index (χ1n) is 12.9. The van der Waals surface area contributed by atoms with Gasteiger partial charge in [-0.25, -0.2) is 18.0 Å². The van der Waals surface area contributed by atoms with Crippen molar-refractivity contribution < 1.29 is 32.2 Å². The van der Waals surface area contributed by atoms with E-state index in [1.807, 2.05) is 6.92 Å². The molecule has 0 aliphatic heterocycles. The summed E-state index contributed by atoms with van der Waals surface area (Å²) in [5.74, 6) is -2.96. The molecule has 7 heteroatoms. The molecule has 0 radical (unpaired) electrons. The zero-order chi connectivity index (χ0) is 27.1. The maximum Gasteiger partial charge on any atom is 0.343 e. The van der Waals surface area contributed by atoms with Crippen LogP contribution in [0.15, 0.2) is 67.3 Å². The molecule has 0 spiro atoms. The minimum atomic E-state index is -0.898. The lowest BCUT2D eigenvalue weighted by atomic mass is 9.82. The molecular formula is C31H31F3O4. The SMILES string of the molecule is C=CCCOc1ccc(C(=O)Oc2ccc(-c3ccc(C4CCC(OCC)CC4)c(F)c3F)cc2)cc1F. The van der Waals surface area contributed by atoms with Crippen LogP contribution in [0.4, 0.5) is 13.2 Å². The number of hydrogen-bond acceptors (Lipinski definition) is 4. The summed E-state index contributed by atoms with van der Waals surface area (Å²) in [6.07, 6.45) is 5.60. The van der Waals surface area contributed by atoms with Crippen molar-refractivity contribution in [3.8, 4) is 22.6 Å². The number of carbonyl (C=O) groups excluding carboxylic acids is 1. The van der Waals surface area contributed by atoms with Gasteiger partial charge in [-0.3, -0.25) is 0 Å². The average molecular weight is 525 g/mol. The van der Waals surface area contributed by atoms with E-state index in [-0.39, 0.29) is 41.3 Å². The largest absolute Gasteiger partial charge is 0.490 e. The summed E-state index contributed by atoms with van der Waals surface area (Å²) in [7, 11) is 0. The normalized spacial score (nSPS) is 17.2. The second-order valence-electron chi connectivity index (χ2n) is 9.24. The molecule has 38 heavy (non-hydrogen) atoms. The van der Waals surface area contributed by atoms with Crippen molar-refractivity contribution in [2.75, 3.05) is 13.2 Å². The standard InChI is InChI=1S/C31H31F3O4/c1-3-5-18-37-28-17-10-22(19-27(28)32)31(35)38-24-13-8-21(9-14-24)26-16-15-25(29(33)30(26)34)20-6-11-23(12-7-20)36-4-2/h3,8-10,13-17,19-20,23H,1,4-7,11-12,18H2,2H3. The van der Waals surface area contributed by atoms with E-state index in [2.05, 4.69) is 6.58 Å². The molecule has 3 aromatic carbocycles. The van der Waals surface area contributed by atoms with Gasteiger partial charge in [-0.2, -0.15) is 0 Å². The van der Waals surface area contributed by atoms with Crippen LogP contribution in [0.25, 0.3) is 11.1 Å². The Balaban J connectivity index is 1.41. The Morgan fingerprint density at radius 2 is 1.71 bits per heavy atom. The van der Waals surface area contributed by atoms with E-state index in [0.717, 1.165) is 31.7 Å². The molecule has 4 rings (SSSR count). The van der Waals surface area contributed by atoms with Gasteiger partial charge < -0.3 is 14.2 Å². The highest BCUT2D eigenvalue weighted by Crippen LogP contribution is 2.38. The van der Waals surface area contributed by atoms with Crippen molar-refractivity contribution in [3.63, 3.8) is 0 Å². The van der Waals surface area contributed by atoms with Gasteiger partial charge in [-0.1, -0.05) is 30.3 Å². The minimum absolute atomic E-state index is 0.0154. The van der Waals surface area contributed by atoms with Crippen molar-refractivity contribution in [1.82, 2.24) is 0 Å². The van der Waals surface area contributed by atoms with Crippen molar-refractivity contribution in [2.24, 2.45) is 0 Å². The summed E-state index contributed by atoms with van der Waals surface area (Å²) < 4.78 is 60.6. The lowest BCUT2D eigenvalue weighted by Gasteiger charge is -2.29. The molecule has 0 atom stereocenters. The van der Waals surface area contributed by atoms with Crippen molar-refractivity contribution >= 4 is 5.97 Å². The number of carbonyl (C=O) groups is 1. The Hall–Kier alpha value is -3.58. The second-order valence-corrected chi connectivity index (χ2v) is 9.24. The van der Waals surface area contributed by atoms with Gasteiger partial charge in [-0.05, 0) is 86.4 Å². The van der Waals surface area contributed by atoms with Crippen LogP contribution < -0.4 is 9.47 Å². The molecule has 0 saturated heterocycles. The van der Waals surface area contributed by atoms with Gasteiger partial charge in [0.2, 0.25) is 0 Å². The Labute approximate surface area is 221 Å². The zero-order valence-corrected chi connectivity index (χ0v) is 21.4. The quantitative estimate of drug-likeness (QED) is 0.117. The summed E-state index contributed by atoms with van der Waals surface area (Å²) >= 11 is 0. The zero-order valence-electron chi connectivity index (χ0n) is 21.4. The van der Waals surface area contributed by atoms with Crippen molar-refractivity contribution in [2.45, 2.75) is 51.0 Å². The van der Waals surface area contributed by atoms with Gasteiger partial charge in [-0.15, -0.1) is 6.58 Å². The molecule has 1 saturated carbocycles. The third-order valence-corrected chi connectivity index (χ3v) is 6.75. The number of halogens is 3. The van der Waals surface area contributed by atoms with Crippen LogP contribution in [0.1, 0.15) is 60.9 Å². The lowest BCUT2D eigenvalue weighted by Crippen LogP contribution is -2.21. The third-order valence-electron chi connectivity index (χ3n) is 6.75. The molecule has 200 valence electrons. The second kappa shape index (κ2) is 12.8. The first kappa shape index (κ1) is 27.5. The third kappa shape index (κ3) is 6.45. The minimum Gasteiger partial charge on any atom is -0.490 e.